The van der Waals surface area contributed by atoms with Crippen LogP contribution in [0.15, 0.2) is 47.1 Å². The van der Waals surface area contributed by atoms with Crippen molar-refractivity contribution in [1.29, 1.82) is 0 Å². The highest BCUT2D eigenvalue weighted by Crippen LogP contribution is 2.31. The van der Waals surface area contributed by atoms with Crippen LogP contribution in [0.4, 0.5) is 0 Å². The van der Waals surface area contributed by atoms with Crippen molar-refractivity contribution in [3.05, 3.63) is 48.2 Å². The maximum Gasteiger partial charge on any atom is 0.245 e. The van der Waals surface area contributed by atoms with E-state index in [9.17, 15) is 0 Å². The Balaban J connectivity index is 1.72. The van der Waals surface area contributed by atoms with Gasteiger partial charge in [-0.15, -0.1) is 10.2 Å². The third-order valence-electron chi connectivity index (χ3n) is 4.55. The molecule has 1 aromatic carbocycles. The van der Waals surface area contributed by atoms with Gasteiger partial charge in [0.25, 0.3) is 0 Å². The summed E-state index contributed by atoms with van der Waals surface area (Å²) < 4.78 is 11.7. The van der Waals surface area contributed by atoms with Gasteiger partial charge in [-0.2, -0.15) is 4.98 Å². The SMILES string of the molecule is Cc1ccc(-c2nnc(-c3ccco3)nc2OC2CCCCC2)cc1. The molecule has 0 amide bonds. The van der Waals surface area contributed by atoms with Gasteiger partial charge in [0.15, 0.2) is 11.5 Å². The monoisotopic (exact) mass is 335 g/mol. The molecule has 128 valence electrons. The minimum absolute atomic E-state index is 0.194. The standard InChI is InChI=1S/C20H21N3O2/c1-14-9-11-15(12-10-14)18-20(25-16-6-3-2-4-7-16)21-19(23-22-18)17-8-5-13-24-17/h5,8-13,16H,2-4,6-7H2,1H3. The van der Waals surface area contributed by atoms with E-state index in [1.165, 1.54) is 24.8 Å². The van der Waals surface area contributed by atoms with E-state index in [1.807, 2.05) is 24.3 Å². The van der Waals surface area contributed by atoms with Crippen LogP contribution in [0.3, 0.4) is 0 Å². The first-order valence-electron chi connectivity index (χ1n) is 8.82. The van der Waals surface area contributed by atoms with Crippen molar-refractivity contribution in [1.82, 2.24) is 15.2 Å². The van der Waals surface area contributed by atoms with Gasteiger partial charge in [0.1, 0.15) is 6.10 Å². The van der Waals surface area contributed by atoms with Gasteiger partial charge in [-0.1, -0.05) is 36.2 Å². The zero-order chi connectivity index (χ0) is 17.1. The Bertz CT molecular complexity index is 823. The highest BCUT2D eigenvalue weighted by atomic mass is 16.5. The zero-order valence-corrected chi connectivity index (χ0v) is 14.3. The minimum atomic E-state index is 0.194. The topological polar surface area (TPSA) is 61.0 Å². The van der Waals surface area contributed by atoms with E-state index in [4.69, 9.17) is 9.15 Å². The summed E-state index contributed by atoms with van der Waals surface area (Å²) >= 11 is 0. The Morgan fingerprint density at radius 3 is 2.52 bits per heavy atom. The lowest BCUT2D eigenvalue weighted by Crippen LogP contribution is -2.21. The van der Waals surface area contributed by atoms with Crippen molar-refractivity contribution in [2.24, 2.45) is 0 Å². The molecule has 0 aliphatic heterocycles. The van der Waals surface area contributed by atoms with Crippen LogP contribution < -0.4 is 4.74 Å². The number of aromatic nitrogens is 3. The summed E-state index contributed by atoms with van der Waals surface area (Å²) in [4.78, 5) is 4.62. The number of furan rings is 1. The van der Waals surface area contributed by atoms with Gasteiger partial charge >= 0.3 is 0 Å². The fourth-order valence-electron chi connectivity index (χ4n) is 3.14. The highest BCUT2D eigenvalue weighted by Gasteiger charge is 2.21. The lowest BCUT2D eigenvalue weighted by Gasteiger charge is -2.23. The quantitative estimate of drug-likeness (QED) is 0.684. The number of hydrogen-bond acceptors (Lipinski definition) is 5. The predicted octanol–water partition coefficient (Wildman–Crippen LogP) is 4.82. The molecule has 2 heterocycles. The van der Waals surface area contributed by atoms with Gasteiger partial charge in [-0.3, -0.25) is 0 Å². The molecule has 1 saturated carbocycles. The number of rotatable bonds is 4. The molecular weight excluding hydrogens is 314 g/mol. The van der Waals surface area contributed by atoms with Gasteiger partial charge in [0.2, 0.25) is 11.7 Å². The number of nitrogens with zero attached hydrogens (tertiary/aromatic N) is 3. The first kappa shape index (κ1) is 15.8. The largest absolute Gasteiger partial charge is 0.473 e. The fraction of sp³-hybridized carbons (Fsp3) is 0.350. The van der Waals surface area contributed by atoms with Crippen molar-refractivity contribution in [2.45, 2.75) is 45.1 Å². The van der Waals surface area contributed by atoms with Crippen molar-refractivity contribution < 1.29 is 9.15 Å². The summed E-state index contributed by atoms with van der Waals surface area (Å²) in [5.41, 5.74) is 2.84. The van der Waals surface area contributed by atoms with E-state index in [1.54, 1.807) is 6.26 Å². The summed E-state index contributed by atoms with van der Waals surface area (Å²) in [6, 6.07) is 11.8. The molecule has 0 spiro atoms. The Labute approximate surface area is 147 Å². The van der Waals surface area contributed by atoms with Crippen molar-refractivity contribution in [3.8, 4) is 28.7 Å². The molecule has 0 unspecified atom stereocenters. The second kappa shape index (κ2) is 7.05. The maximum absolute atomic E-state index is 6.25. The van der Waals surface area contributed by atoms with Crippen LogP contribution in [0, 0.1) is 6.92 Å². The molecule has 0 atom stereocenters. The smallest absolute Gasteiger partial charge is 0.245 e. The molecule has 1 aliphatic rings. The van der Waals surface area contributed by atoms with Crippen molar-refractivity contribution in [2.75, 3.05) is 0 Å². The van der Waals surface area contributed by atoms with Gasteiger partial charge in [-0.25, -0.2) is 0 Å². The molecule has 1 aliphatic carbocycles. The summed E-state index contributed by atoms with van der Waals surface area (Å²) in [5, 5.41) is 8.64. The molecular formula is C20H21N3O2. The predicted molar refractivity (Wildman–Crippen MR) is 95.2 cm³/mol. The molecule has 5 heteroatoms. The molecule has 0 N–H and O–H groups in total. The summed E-state index contributed by atoms with van der Waals surface area (Å²) in [7, 11) is 0. The van der Waals surface area contributed by atoms with Crippen LogP contribution in [0.25, 0.3) is 22.8 Å². The molecule has 5 nitrogen and oxygen atoms in total. The third kappa shape index (κ3) is 3.55. The second-order valence-corrected chi connectivity index (χ2v) is 6.51. The Morgan fingerprint density at radius 1 is 1.00 bits per heavy atom. The molecule has 2 aromatic heterocycles. The van der Waals surface area contributed by atoms with Crippen LogP contribution >= 0.6 is 0 Å². The van der Waals surface area contributed by atoms with Crippen LogP contribution in [-0.4, -0.2) is 21.3 Å². The van der Waals surface area contributed by atoms with Gasteiger partial charge in [0, 0.05) is 5.56 Å². The van der Waals surface area contributed by atoms with Crippen LogP contribution in [0.1, 0.15) is 37.7 Å². The fourth-order valence-corrected chi connectivity index (χ4v) is 3.14. The summed E-state index contributed by atoms with van der Waals surface area (Å²) in [5.74, 6) is 1.58. The van der Waals surface area contributed by atoms with Crippen molar-refractivity contribution in [3.63, 3.8) is 0 Å². The van der Waals surface area contributed by atoms with E-state index in [-0.39, 0.29) is 6.10 Å². The maximum atomic E-state index is 6.25. The normalized spacial score (nSPS) is 15.2. The van der Waals surface area contributed by atoms with E-state index < -0.39 is 0 Å². The molecule has 4 rings (SSSR count). The molecule has 0 radical (unpaired) electrons. The number of benzene rings is 1. The van der Waals surface area contributed by atoms with Crippen LogP contribution in [0.2, 0.25) is 0 Å². The summed E-state index contributed by atoms with van der Waals surface area (Å²) in [6.45, 7) is 2.06. The molecule has 25 heavy (non-hydrogen) atoms. The summed E-state index contributed by atoms with van der Waals surface area (Å²) in [6.07, 6.45) is 7.61. The van der Waals surface area contributed by atoms with E-state index in [2.05, 4.69) is 34.2 Å². The number of ether oxygens (including phenoxy) is 1. The molecule has 0 saturated heterocycles. The van der Waals surface area contributed by atoms with E-state index >= 15 is 0 Å². The molecule has 0 bridgehead atoms. The average molecular weight is 335 g/mol. The molecule has 3 aromatic rings. The highest BCUT2D eigenvalue weighted by molar-refractivity contribution is 5.65. The lowest BCUT2D eigenvalue weighted by molar-refractivity contribution is 0.148. The van der Waals surface area contributed by atoms with E-state index in [0.717, 1.165) is 18.4 Å². The van der Waals surface area contributed by atoms with Gasteiger partial charge in [0.05, 0.1) is 6.26 Å². The van der Waals surface area contributed by atoms with Gasteiger partial charge < -0.3 is 9.15 Å². The average Bonchev–Trinajstić information content (AvgIpc) is 3.18. The number of hydrogen-bond donors (Lipinski definition) is 0. The Morgan fingerprint density at radius 2 is 1.80 bits per heavy atom. The first-order valence-corrected chi connectivity index (χ1v) is 8.82. The van der Waals surface area contributed by atoms with E-state index in [0.29, 0.717) is 23.2 Å². The van der Waals surface area contributed by atoms with Crippen LogP contribution in [0.5, 0.6) is 5.88 Å². The third-order valence-corrected chi connectivity index (χ3v) is 4.55. The Hall–Kier alpha value is -2.69. The second-order valence-electron chi connectivity index (χ2n) is 6.51. The minimum Gasteiger partial charge on any atom is -0.473 e. The lowest BCUT2D eigenvalue weighted by atomic mass is 9.98. The number of aryl methyl sites for hydroxylation is 1. The first-order chi connectivity index (χ1) is 12.3. The van der Waals surface area contributed by atoms with Crippen molar-refractivity contribution >= 4 is 0 Å². The Kier molecular flexibility index (Phi) is 4.46. The zero-order valence-electron chi connectivity index (χ0n) is 14.3. The van der Waals surface area contributed by atoms with Gasteiger partial charge in [-0.05, 0) is 44.7 Å². The molecule has 1 fully saturated rings. The van der Waals surface area contributed by atoms with Crippen LogP contribution in [-0.2, 0) is 0 Å².